The van der Waals surface area contributed by atoms with Crippen LogP contribution in [0, 0.1) is 0 Å². The third-order valence-electron chi connectivity index (χ3n) is 0.594. The van der Waals surface area contributed by atoms with E-state index in [0.29, 0.717) is 0 Å². The summed E-state index contributed by atoms with van der Waals surface area (Å²) >= 11 is 5.38. The van der Waals surface area contributed by atoms with Crippen LogP contribution in [0.25, 0.3) is 0 Å². The summed E-state index contributed by atoms with van der Waals surface area (Å²) in [5.41, 5.74) is 0. The van der Waals surface area contributed by atoms with Crippen LogP contribution in [0.1, 0.15) is 0 Å². The van der Waals surface area contributed by atoms with Crippen molar-refractivity contribution in [2.45, 2.75) is 0 Å². The lowest BCUT2D eigenvalue weighted by Gasteiger charge is -2.00. The summed E-state index contributed by atoms with van der Waals surface area (Å²) < 4.78 is 0. The third kappa shape index (κ3) is 4.25. The number of hydrogen-bond acceptors (Lipinski definition) is 0. The highest BCUT2D eigenvalue weighted by molar-refractivity contribution is 6.17. The maximum atomic E-state index is 5.38. The number of halogens is 1. The van der Waals surface area contributed by atoms with E-state index in [1.165, 1.54) is 4.90 Å². The molecule has 0 aromatic heterocycles. The Kier molecular flexibility index (Phi) is 3.58. The Morgan fingerprint density at radius 3 is 2.00 bits per heavy atom. The number of alkyl halides is 1. The average Bonchev–Trinajstić information content (AvgIpc) is 1.35. The second-order valence-electron chi connectivity index (χ2n) is 1.65. The molecule has 0 amide bonds. The highest BCUT2D eigenvalue weighted by atomic mass is 35.5. The van der Waals surface area contributed by atoms with Crippen molar-refractivity contribution in [3.63, 3.8) is 0 Å². The van der Waals surface area contributed by atoms with E-state index in [9.17, 15) is 0 Å². The number of nitrogens with one attached hydrogen (secondary N) is 1. The molecule has 0 heterocycles. The van der Waals surface area contributed by atoms with Gasteiger partial charge in [0.05, 0.1) is 26.5 Å². The molecule has 0 aromatic rings. The Morgan fingerprint density at radius 2 is 2.00 bits per heavy atom. The molecule has 0 aromatic carbocycles. The Hall–Kier alpha value is 0.250. The predicted molar refractivity (Wildman–Crippen MR) is 28.4 cm³/mol. The Balaban J connectivity index is 2.63. The molecule has 0 saturated heterocycles. The van der Waals surface area contributed by atoms with Gasteiger partial charge in [-0.15, -0.1) is 11.6 Å². The Morgan fingerprint density at radius 1 is 1.50 bits per heavy atom. The van der Waals surface area contributed by atoms with Crippen molar-refractivity contribution < 1.29 is 4.90 Å². The molecular formula is C4H11ClN+. The molecule has 1 N–H and O–H groups in total. The minimum absolute atomic E-state index is 0.766. The molecule has 38 valence electrons. The van der Waals surface area contributed by atoms with E-state index in [-0.39, 0.29) is 0 Å². The second kappa shape index (κ2) is 3.44. The van der Waals surface area contributed by atoms with Gasteiger partial charge in [-0.2, -0.15) is 0 Å². The van der Waals surface area contributed by atoms with Crippen molar-refractivity contribution in [2.24, 2.45) is 0 Å². The van der Waals surface area contributed by atoms with Crippen LogP contribution in [-0.2, 0) is 0 Å². The van der Waals surface area contributed by atoms with Crippen LogP contribution in [-0.4, -0.2) is 26.5 Å². The minimum Gasteiger partial charge on any atom is -0.339 e. The zero-order valence-corrected chi connectivity index (χ0v) is 5.05. The molecule has 0 rings (SSSR count). The highest BCUT2D eigenvalue weighted by Gasteiger charge is 1.84. The maximum Gasteiger partial charge on any atom is 0.0904 e. The first kappa shape index (κ1) is 6.25. The van der Waals surface area contributed by atoms with E-state index < -0.39 is 0 Å². The van der Waals surface area contributed by atoms with Gasteiger partial charge in [-0.05, 0) is 0 Å². The molecular weight excluding hydrogens is 97.5 g/mol. The standard InChI is InChI=1S/C4H10ClN/c1-6(2)4-3-5/h3-4H2,1-2H3/p+1. The van der Waals surface area contributed by atoms with Gasteiger partial charge in [-0.1, -0.05) is 0 Å². The molecule has 0 spiro atoms. The predicted octanol–water partition coefficient (Wildman–Crippen LogP) is -0.630. The van der Waals surface area contributed by atoms with Gasteiger partial charge in [0.2, 0.25) is 0 Å². The Bertz CT molecular complexity index is 28.7. The van der Waals surface area contributed by atoms with Gasteiger partial charge in [-0.25, -0.2) is 0 Å². The number of quaternary nitrogens is 1. The molecule has 1 nitrogen and oxygen atoms in total. The number of rotatable bonds is 2. The van der Waals surface area contributed by atoms with E-state index in [0.717, 1.165) is 12.4 Å². The zero-order chi connectivity index (χ0) is 4.99. The van der Waals surface area contributed by atoms with Crippen molar-refractivity contribution in [3.05, 3.63) is 0 Å². The highest BCUT2D eigenvalue weighted by Crippen LogP contribution is 1.61. The lowest BCUT2D eigenvalue weighted by atomic mass is 10.7. The van der Waals surface area contributed by atoms with E-state index in [1.54, 1.807) is 0 Å². The van der Waals surface area contributed by atoms with Gasteiger partial charge >= 0.3 is 0 Å². The van der Waals surface area contributed by atoms with Crippen molar-refractivity contribution in [1.29, 1.82) is 0 Å². The Labute approximate surface area is 43.9 Å². The zero-order valence-electron chi connectivity index (χ0n) is 4.29. The molecule has 2 heteroatoms. The summed E-state index contributed by atoms with van der Waals surface area (Å²) in [4.78, 5) is 1.41. The first-order valence-corrected chi connectivity index (χ1v) is 2.66. The molecule has 0 aliphatic carbocycles. The van der Waals surface area contributed by atoms with Crippen molar-refractivity contribution >= 4 is 11.6 Å². The molecule has 0 unspecified atom stereocenters. The van der Waals surface area contributed by atoms with Crippen LogP contribution in [0.15, 0.2) is 0 Å². The van der Waals surface area contributed by atoms with Crippen LogP contribution in [0.5, 0.6) is 0 Å². The lowest BCUT2D eigenvalue weighted by Crippen LogP contribution is -3.06. The fraction of sp³-hybridized carbons (Fsp3) is 1.00. The van der Waals surface area contributed by atoms with Crippen LogP contribution in [0.3, 0.4) is 0 Å². The molecule has 0 fully saturated rings. The molecule has 0 aliphatic rings. The van der Waals surface area contributed by atoms with Gasteiger partial charge < -0.3 is 4.90 Å². The van der Waals surface area contributed by atoms with Crippen molar-refractivity contribution in [3.8, 4) is 0 Å². The summed E-state index contributed by atoms with van der Waals surface area (Å²) in [5, 5.41) is 0. The van der Waals surface area contributed by atoms with Gasteiger partial charge in [-0.3, -0.25) is 0 Å². The van der Waals surface area contributed by atoms with Crippen molar-refractivity contribution in [2.75, 3.05) is 26.5 Å². The van der Waals surface area contributed by atoms with E-state index in [4.69, 9.17) is 11.6 Å². The number of hydrogen-bond donors (Lipinski definition) is 1. The molecule has 0 bridgehead atoms. The van der Waals surface area contributed by atoms with Gasteiger partial charge in [0, 0.05) is 0 Å². The summed E-state index contributed by atoms with van der Waals surface area (Å²) in [6.45, 7) is 1.06. The summed E-state index contributed by atoms with van der Waals surface area (Å²) in [7, 11) is 4.17. The normalized spacial score (nSPS) is 10.0. The lowest BCUT2D eigenvalue weighted by molar-refractivity contribution is -0.855. The molecule has 0 atom stereocenters. The minimum atomic E-state index is 0.766. The van der Waals surface area contributed by atoms with E-state index in [2.05, 4.69) is 14.1 Å². The third-order valence-corrected chi connectivity index (χ3v) is 0.783. The smallest absolute Gasteiger partial charge is 0.0904 e. The SMILES string of the molecule is C[NH+](C)CCCl. The quantitative estimate of drug-likeness (QED) is 0.450. The first-order chi connectivity index (χ1) is 2.77. The largest absolute Gasteiger partial charge is 0.339 e. The second-order valence-corrected chi connectivity index (χ2v) is 2.02. The van der Waals surface area contributed by atoms with Gasteiger partial charge in [0.25, 0.3) is 0 Å². The average molecular weight is 109 g/mol. The van der Waals surface area contributed by atoms with Crippen LogP contribution < -0.4 is 4.90 Å². The van der Waals surface area contributed by atoms with E-state index in [1.807, 2.05) is 0 Å². The van der Waals surface area contributed by atoms with E-state index >= 15 is 0 Å². The summed E-state index contributed by atoms with van der Waals surface area (Å²) in [6.07, 6.45) is 0. The van der Waals surface area contributed by atoms with Crippen LogP contribution in [0.4, 0.5) is 0 Å². The topological polar surface area (TPSA) is 4.44 Å². The van der Waals surface area contributed by atoms with Gasteiger partial charge in [0.15, 0.2) is 0 Å². The van der Waals surface area contributed by atoms with Crippen LogP contribution in [0.2, 0.25) is 0 Å². The molecule has 0 radical (unpaired) electrons. The fourth-order valence-corrected chi connectivity index (χ4v) is 0.567. The first-order valence-electron chi connectivity index (χ1n) is 2.12. The molecule has 0 saturated carbocycles. The van der Waals surface area contributed by atoms with Crippen LogP contribution >= 0.6 is 11.6 Å². The summed E-state index contributed by atoms with van der Waals surface area (Å²) in [5.74, 6) is 0.766. The maximum absolute atomic E-state index is 5.38. The molecule has 0 aliphatic heterocycles. The monoisotopic (exact) mass is 108 g/mol. The van der Waals surface area contributed by atoms with Crippen molar-refractivity contribution in [1.82, 2.24) is 0 Å². The van der Waals surface area contributed by atoms with Gasteiger partial charge in [0.1, 0.15) is 0 Å². The fourth-order valence-electron chi connectivity index (χ4n) is 0.189. The molecule has 6 heavy (non-hydrogen) atoms. The summed E-state index contributed by atoms with van der Waals surface area (Å²) in [6, 6.07) is 0.